The first-order valence-corrected chi connectivity index (χ1v) is 9.91. The zero-order valence-electron chi connectivity index (χ0n) is 15.9. The van der Waals surface area contributed by atoms with Crippen LogP contribution in [0.5, 0.6) is 0 Å². The van der Waals surface area contributed by atoms with Gasteiger partial charge in [0.15, 0.2) is 0 Å². The summed E-state index contributed by atoms with van der Waals surface area (Å²) in [6, 6.07) is 15.2. The highest BCUT2D eigenvalue weighted by Gasteiger charge is 2.25. The molecule has 1 aliphatic heterocycles. The van der Waals surface area contributed by atoms with Crippen molar-refractivity contribution in [3.63, 3.8) is 0 Å². The van der Waals surface area contributed by atoms with Gasteiger partial charge >= 0.3 is 5.97 Å². The van der Waals surface area contributed by atoms with E-state index >= 15 is 0 Å². The summed E-state index contributed by atoms with van der Waals surface area (Å²) in [5.74, 6) is -0.803. The second-order valence-electron chi connectivity index (χ2n) is 7.61. The molecule has 0 saturated carbocycles. The third kappa shape index (κ3) is 4.09. The van der Waals surface area contributed by atoms with E-state index in [2.05, 4.69) is 42.5 Å². The van der Waals surface area contributed by atoms with E-state index in [4.69, 9.17) is 9.84 Å². The molecule has 1 N–H and O–H groups in total. The highest BCUT2D eigenvalue weighted by atomic mass is 16.5. The number of aliphatic carboxylic acids is 1. The molecular formula is C23H25NO4. The minimum Gasteiger partial charge on any atom is -0.481 e. The van der Waals surface area contributed by atoms with Gasteiger partial charge in [-0.15, -0.1) is 0 Å². The van der Waals surface area contributed by atoms with Gasteiger partial charge in [-0.05, 0) is 47.1 Å². The van der Waals surface area contributed by atoms with Crippen molar-refractivity contribution in [3.8, 4) is 11.1 Å². The average Bonchev–Trinajstić information content (AvgIpc) is 3.06. The molecule has 146 valence electrons. The smallest absolute Gasteiger partial charge is 0.306 e. The standard InChI is InChI=1S/C23H25NO4/c25-22(24-10-11-28-19(15-24)14-23(26)27)7-3-4-16-8-9-18-13-17-5-1-2-6-20(17)21(18)12-16/h1-2,5-6,8-9,12,19H,3-4,7,10-11,13-15H2,(H,26,27). The molecule has 2 aromatic rings. The first-order chi connectivity index (χ1) is 13.6. The summed E-state index contributed by atoms with van der Waals surface area (Å²) in [7, 11) is 0. The summed E-state index contributed by atoms with van der Waals surface area (Å²) < 4.78 is 5.44. The predicted octanol–water partition coefficient (Wildman–Crippen LogP) is 3.28. The van der Waals surface area contributed by atoms with Gasteiger partial charge in [0.25, 0.3) is 0 Å². The number of nitrogens with zero attached hydrogens (tertiary/aromatic N) is 1. The molecule has 4 rings (SSSR count). The van der Waals surface area contributed by atoms with E-state index in [-0.39, 0.29) is 12.3 Å². The van der Waals surface area contributed by atoms with Crippen LogP contribution < -0.4 is 0 Å². The van der Waals surface area contributed by atoms with Gasteiger partial charge in [-0.2, -0.15) is 0 Å². The number of hydrogen-bond donors (Lipinski definition) is 1. The number of benzene rings is 2. The molecule has 1 aliphatic carbocycles. The minimum absolute atomic E-state index is 0.0552. The number of amides is 1. The lowest BCUT2D eigenvalue weighted by Crippen LogP contribution is -2.46. The molecule has 2 aromatic carbocycles. The maximum Gasteiger partial charge on any atom is 0.306 e. The Kier molecular flexibility index (Phi) is 5.44. The molecule has 1 saturated heterocycles. The zero-order chi connectivity index (χ0) is 19.5. The summed E-state index contributed by atoms with van der Waals surface area (Å²) in [5, 5.41) is 8.90. The van der Waals surface area contributed by atoms with Crippen LogP contribution in [0.15, 0.2) is 42.5 Å². The Balaban J connectivity index is 1.31. The topological polar surface area (TPSA) is 66.8 Å². The highest BCUT2D eigenvalue weighted by molar-refractivity contribution is 5.78. The Morgan fingerprint density at radius 2 is 1.93 bits per heavy atom. The van der Waals surface area contributed by atoms with E-state index in [0.29, 0.717) is 26.1 Å². The van der Waals surface area contributed by atoms with E-state index in [1.54, 1.807) is 4.90 Å². The number of fused-ring (bicyclic) bond motifs is 3. The molecule has 0 bridgehead atoms. The molecular weight excluding hydrogens is 354 g/mol. The quantitative estimate of drug-likeness (QED) is 0.714. The van der Waals surface area contributed by atoms with Crippen LogP contribution in [0.2, 0.25) is 0 Å². The number of carbonyl (C=O) groups excluding carboxylic acids is 1. The number of ether oxygens (including phenoxy) is 1. The third-order valence-electron chi connectivity index (χ3n) is 5.61. The molecule has 5 nitrogen and oxygen atoms in total. The number of morpholine rings is 1. The lowest BCUT2D eigenvalue weighted by molar-refractivity contribution is -0.147. The molecule has 5 heteroatoms. The van der Waals surface area contributed by atoms with Crippen LogP contribution in [0.3, 0.4) is 0 Å². The van der Waals surface area contributed by atoms with Crippen LogP contribution >= 0.6 is 0 Å². The van der Waals surface area contributed by atoms with Gasteiger partial charge in [0, 0.05) is 19.5 Å². The number of aryl methyl sites for hydroxylation is 1. The summed E-state index contributed by atoms with van der Waals surface area (Å²) >= 11 is 0. The molecule has 0 radical (unpaired) electrons. The van der Waals surface area contributed by atoms with Gasteiger partial charge in [-0.25, -0.2) is 0 Å². The summed E-state index contributed by atoms with van der Waals surface area (Å²) in [6.07, 6.45) is 2.68. The van der Waals surface area contributed by atoms with E-state index in [1.165, 1.54) is 27.8 Å². The van der Waals surface area contributed by atoms with Crippen LogP contribution in [-0.2, 0) is 27.2 Å². The van der Waals surface area contributed by atoms with E-state index in [0.717, 1.165) is 19.3 Å². The Morgan fingerprint density at radius 1 is 1.11 bits per heavy atom. The van der Waals surface area contributed by atoms with Crippen LogP contribution in [0, 0.1) is 0 Å². The predicted molar refractivity (Wildman–Crippen MR) is 106 cm³/mol. The van der Waals surface area contributed by atoms with Crippen molar-refractivity contribution < 1.29 is 19.4 Å². The van der Waals surface area contributed by atoms with E-state index in [1.807, 2.05) is 0 Å². The lowest BCUT2D eigenvalue weighted by Gasteiger charge is -2.32. The van der Waals surface area contributed by atoms with Crippen LogP contribution in [0.4, 0.5) is 0 Å². The van der Waals surface area contributed by atoms with Crippen molar-refractivity contribution in [2.45, 2.75) is 38.2 Å². The minimum atomic E-state index is -0.891. The van der Waals surface area contributed by atoms with Gasteiger partial charge in [0.05, 0.1) is 19.1 Å². The van der Waals surface area contributed by atoms with Gasteiger partial charge in [0.1, 0.15) is 0 Å². The van der Waals surface area contributed by atoms with Crippen molar-refractivity contribution in [2.75, 3.05) is 19.7 Å². The molecule has 1 atom stereocenters. The highest BCUT2D eigenvalue weighted by Crippen LogP contribution is 2.37. The first-order valence-electron chi connectivity index (χ1n) is 9.91. The summed E-state index contributed by atoms with van der Waals surface area (Å²) in [6.45, 7) is 1.33. The number of rotatable bonds is 6. The van der Waals surface area contributed by atoms with Crippen LogP contribution in [0.1, 0.15) is 36.0 Å². The zero-order valence-corrected chi connectivity index (χ0v) is 15.9. The second-order valence-corrected chi connectivity index (χ2v) is 7.61. The maximum atomic E-state index is 12.5. The fourth-order valence-corrected chi connectivity index (χ4v) is 4.19. The van der Waals surface area contributed by atoms with Gasteiger partial charge in [0.2, 0.25) is 5.91 Å². The maximum absolute atomic E-state index is 12.5. The molecule has 1 fully saturated rings. The van der Waals surface area contributed by atoms with Crippen molar-refractivity contribution in [1.29, 1.82) is 0 Å². The number of hydrogen-bond acceptors (Lipinski definition) is 3. The Morgan fingerprint density at radius 3 is 2.79 bits per heavy atom. The van der Waals surface area contributed by atoms with Gasteiger partial charge < -0.3 is 14.7 Å². The fraction of sp³-hybridized carbons (Fsp3) is 0.391. The Labute approximate surface area is 164 Å². The average molecular weight is 379 g/mol. The number of carbonyl (C=O) groups is 2. The lowest BCUT2D eigenvalue weighted by atomic mass is 10.00. The molecule has 28 heavy (non-hydrogen) atoms. The fourth-order valence-electron chi connectivity index (χ4n) is 4.19. The van der Waals surface area contributed by atoms with Crippen molar-refractivity contribution in [2.24, 2.45) is 0 Å². The normalized spacial score (nSPS) is 17.9. The Bertz CT molecular complexity index is 892. The number of carboxylic acids is 1. The first kappa shape index (κ1) is 18.7. The number of carboxylic acid groups (broad SMARTS) is 1. The second kappa shape index (κ2) is 8.15. The molecule has 0 aromatic heterocycles. The molecule has 1 heterocycles. The molecule has 0 spiro atoms. The van der Waals surface area contributed by atoms with Crippen molar-refractivity contribution in [3.05, 3.63) is 59.2 Å². The van der Waals surface area contributed by atoms with Gasteiger partial charge in [-0.1, -0.05) is 42.5 Å². The molecule has 1 amide bonds. The Hall–Kier alpha value is -2.66. The van der Waals surface area contributed by atoms with E-state index in [9.17, 15) is 9.59 Å². The van der Waals surface area contributed by atoms with Crippen molar-refractivity contribution >= 4 is 11.9 Å². The largest absolute Gasteiger partial charge is 0.481 e. The summed E-state index contributed by atoms with van der Waals surface area (Å²) in [4.78, 5) is 25.1. The van der Waals surface area contributed by atoms with E-state index < -0.39 is 12.1 Å². The monoisotopic (exact) mass is 379 g/mol. The van der Waals surface area contributed by atoms with Crippen LogP contribution in [-0.4, -0.2) is 47.7 Å². The van der Waals surface area contributed by atoms with Crippen LogP contribution in [0.25, 0.3) is 11.1 Å². The SMILES string of the molecule is O=C(O)CC1CN(C(=O)CCCc2ccc3c(c2)-c2ccccc2C3)CCO1. The molecule has 1 unspecified atom stereocenters. The summed E-state index contributed by atoms with van der Waals surface area (Å²) in [5.41, 5.74) is 6.66. The third-order valence-corrected chi connectivity index (χ3v) is 5.61. The molecule has 2 aliphatic rings. The van der Waals surface area contributed by atoms with Crippen molar-refractivity contribution in [1.82, 2.24) is 4.90 Å². The van der Waals surface area contributed by atoms with Gasteiger partial charge in [-0.3, -0.25) is 9.59 Å².